The Labute approximate surface area is 124 Å². The number of likely N-dealkylation sites (tertiary alicyclic amines) is 1. The summed E-state index contributed by atoms with van der Waals surface area (Å²) in [5.41, 5.74) is 0. The highest BCUT2D eigenvalue weighted by Gasteiger charge is 2.47. The maximum Gasteiger partial charge on any atom is 0.326 e. The summed E-state index contributed by atoms with van der Waals surface area (Å²) < 4.78 is 0. The van der Waals surface area contributed by atoms with E-state index in [1.165, 1.54) is 0 Å². The van der Waals surface area contributed by atoms with Crippen LogP contribution in [0.5, 0.6) is 0 Å². The van der Waals surface area contributed by atoms with Gasteiger partial charge in [0.05, 0.1) is 0 Å². The Bertz CT molecular complexity index is 377. The number of carboxylic acid groups (broad SMARTS) is 1. The third-order valence-electron chi connectivity index (χ3n) is 4.55. The van der Waals surface area contributed by atoms with Gasteiger partial charge in [0, 0.05) is 17.8 Å². The number of urea groups is 1. The monoisotopic (exact) mass is 300 g/mol. The van der Waals surface area contributed by atoms with Crippen molar-refractivity contribution in [2.75, 3.05) is 12.8 Å². The molecule has 1 aliphatic carbocycles. The van der Waals surface area contributed by atoms with Crippen LogP contribution < -0.4 is 5.32 Å². The first-order chi connectivity index (χ1) is 9.54. The summed E-state index contributed by atoms with van der Waals surface area (Å²) in [7, 11) is 0. The number of carbonyl (C=O) groups is 2. The van der Waals surface area contributed by atoms with Gasteiger partial charge >= 0.3 is 12.0 Å². The largest absolute Gasteiger partial charge is 0.480 e. The zero-order valence-electron chi connectivity index (χ0n) is 12.2. The van der Waals surface area contributed by atoms with Gasteiger partial charge in [-0.25, -0.2) is 9.59 Å². The Kier molecular flexibility index (Phi) is 5.18. The number of rotatable bonds is 4. The summed E-state index contributed by atoms with van der Waals surface area (Å²) in [6, 6.07) is -0.727. The van der Waals surface area contributed by atoms with Gasteiger partial charge in [-0.3, -0.25) is 0 Å². The van der Waals surface area contributed by atoms with Gasteiger partial charge in [0.25, 0.3) is 0 Å². The molecule has 5 nitrogen and oxygen atoms in total. The summed E-state index contributed by atoms with van der Waals surface area (Å²) in [4.78, 5) is 25.4. The van der Waals surface area contributed by atoms with Gasteiger partial charge in [-0.1, -0.05) is 19.8 Å². The van der Waals surface area contributed by atoms with E-state index in [-0.39, 0.29) is 12.1 Å². The van der Waals surface area contributed by atoms with E-state index >= 15 is 0 Å². The zero-order chi connectivity index (χ0) is 14.7. The number of fused-ring (bicyclic) bond motifs is 1. The van der Waals surface area contributed by atoms with Crippen molar-refractivity contribution in [2.24, 2.45) is 5.92 Å². The lowest BCUT2D eigenvalue weighted by Crippen LogP contribution is -2.51. The molecule has 1 aliphatic heterocycles. The molecule has 20 heavy (non-hydrogen) atoms. The van der Waals surface area contributed by atoms with E-state index in [2.05, 4.69) is 5.32 Å². The van der Waals surface area contributed by atoms with Crippen molar-refractivity contribution >= 4 is 23.8 Å². The zero-order valence-corrected chi connectivity index (χ0v) is 13.0. The average Bonchev–Trinajstić information content (AvgIpc) is 2.84. The number of hydrogen-bond acceptors (Lipinski definition) is 3. The molecule has 2 aliphatic rings. The first kappa shape index (κ1) is 15.5. The number of nitrogens with one attached hydrogen (secondary N) is 1. The molecule has 6 heteroatoms. The van der Waals surface area contributed by atoms with Gasteiger partial charge in [-0.05, 0) is 31.4 Å². The Hall–Kier alpha value is -0.910. The Morgan fingerprint density at radius 1 is 1.40 bits per heavy atom. The van der Waals surface area contributed by atoms with Crippen LogP contribution in [-0.4, -0.2) is 52.1 Å². The van der Waals surface area contributed by atoms with Gasteiger partial charge < -0.3 is 15.3 Å². The first-order valence-corrected chi connectivity index (χ1v) is 8.65. The average molecular weight is 300 g/mol. The molecule has 114 valence electrons. The van der Waals surface area contributed by atoms with Gasteiger partial charge in [-0.15, -0.1) is 0 Å². The van der Waals surface area contributed by atoms with Crippen LogP contribution in [0.25, 0.3) is 0 Å². The minimum absolute atomic E-state index is 0.120. The molecule has 0 aromatic carbocycles. The van der Waals surface area contributed by atoms with E-state index in [1.54, 1.807) is 16.7 Å². The molecule has 2 fully saturated rings. The lowest BCUT2D eigenvalue weighted by atomic mass is 9.85. The number of carbonyl (C=O) groups excluding carboxylic acids is 1. The first-order valence-electron chi connectivity index (χ1n) is 7.36. The Balaban J connectivity index is 2.04. The van der Waals surface area contributed by atoms with Crippen LogP contribution in [0.15, 0.2) is 0 Å². The fraction of sp³-hybridized carbons (Fsp3) is 0.857. The predicted octanol–water partition coefficient (Wildman–Crippen LogP) is 2.17. The molecule has 2 rings (SSSR count). The van der Waals surface area contributed by atoms with E-state index in [0.29, 0.717) is 24.1 Å². The molecule has 1 saturated carbocycles. The predicted molar refractivity (Wildman–Crippen MR) is 80.0 cm³/mol. The Morgan fingerprint density at radius 3 is 2.75 bits per heavy atom. The summed E-state index contributed by atoms with van der Waals surface area (Å²) in [6.45, 7) is 2.63. The summed E-state index contributed by atoms with van der Waals surface area (Å²) in [5.74, 6) is -0.499. The molecule has 0 aromatic heterocycles. The second kappa shape index (κ2) is 6.70. The van der Waals surface area contributed by atoms with E-state index in [4.69, 9.17) is 0 Å². The van der Waals surface area contributed by atoms with Crippen molar-refractivity contribution in [3.63, 3.8) is 0 Å². The maximum absolute atomic E-state index is 12.4. The van der Waals surface area contributed by atoms with Crippen LogP contribution in [0.3, 0.4) is 0 Å². The molecular weight excluding hydrogens is 276 g/mol. The van der Waals surface area contributed by atoms with Gasteiger partial charge in [-0.2, -0.15) is 11.8 Å². The van der Waals surface area contributed by atoms with Crippen LogP contribution >= 0.6 is 11.8 Å². The van der Waals surface area contributed by atoms with Crippen molar-refractivity contribution in [3.8, 4) is 0 Å². The van der Waals surface area contributed by atoms with Gasteiger partial charge in [0.2, 0.25) is 0 Å². The molecule has 0 radical (unpaired) electrons. The molecule has 2 N–H and O–H groups in total. The maximum atomic E-state index is 12.4. The lowest BCUT2D eigenvalue weighted by molar-refractivity contribution is -0.141. The highest BCUT2D eigenvalue weighted by atomic mass is 32.2. The molecule has 1 saturated heterocycles. The minimum atomic E-state index is -0.868. The topological polar surface area (TPSA) is 69.6 Å². The summed E-state index contributed by atoms with van der Waals surface area (Å²) in [5, 5.41) is 12.6. The number of nitrogens with zero attached hydrogens (tertiary/aromatic N) is 1. The fourth-order valence-corrected chi connectivity index (χ4v) is 3.63. The highest BCUT2D eigenvalue weighted by Crippen LogP contribution is 2.39. The van der Waals surface area contributed by atoms with Crippen LogP contribution in [0.2, 0.25) is 0 Å². The van der Waals surface area contributed by atoms with Gasteiger partial charge in [0.1, 0.15) is 6.04 Å². The third kappa shape index (κ3) is 3.22. The molecule has 2 amide bonds. The smallest absolute Gasteiger partial charge is 0.326 e. The van der Waals surface area contributed by atoms with E-state index in [0.717, 1.165) is 25.7 Å². The van der Waals surface area contributed by atoms with Crippen molar-refractivity contribution in [1.29, 1.82) is 0 Å². The van der Waals surface area contributed by atoms with Crippen LogP contribution in [0, 0.1) is 5.92 Å². The van der Waals surface area contributed by atoms with Crippen LogP contribution in [-0.2, 0) is 4.79 Å². The number of hydrogen-bond donors (Lipinski definition) is 2. The minimum Gasteiger partial charge on any atom is -0.480 e. The molecule has 0 spiro atoms. The molecule has 0 bridgehead atoms. The van der Waals surface area contributed by atoms with Crippen LogP contribution in [0.1, 0.15) is 39.0 Å². The molecule has 1 heterocycles. The van der Waals surface area contributed by atoms with E-state index in [1.807, 2.05) is 13.2 Å². The van der Waals surface area contributed by atoms with E-state index in [9.17, 15) is 14.7 Å². The standard InChI is InChI=1S/C14H24N2O3S/c1-9(20-2)8-15-14(19)16-11-6-4-3-5-10(11)7-12(16)13(17)18/h9-12H,3-8H2,1-2H3,(H,15,19)(H,17,18). The number of amides is 2. The quantitative estimate of drug-likeness (QED) is 0.835. The third-order valence-corrected chi connectivity index (χ3v) is 5.52. The molecular formula is C14H24N2O3S. The van der Waals surface area contributed by atoms with E-state index < -0.39 is 12.0 Å². The number of thioether (sulfide) groups is 1. The number of aliphatic carboxylic acids is 1. The van der Waals surface area contributed by atoms with Crippen molar-refractivity contribution < 1.29 is 14.7 Å². The Morgan fingerprint density at radius 2 is 2.10 bits per heavy atom. The normalized spacial score (nSPS) is 30.7. The summed E-state index contributed by atoms with van der Waals surface area (Å²) >= 11 is 1.69. The molecule has 0 aromatic rings. The second-order valence-corrected chi connectivity index (χ2v) is 7.12. The SMILES string of the molecule is CSC(C)CNC(=O)N1C(C(=O)O)CC2CCCCC21. The fourth-order valence-electron chi connectivity index (χ4n) is 3.38. The van der Waals surface area contributed by atoms with Gasteiger partial charge in [0.15, 0.2) is 0 Å². The molecule has 4 unspecified atom stereocenters. The number of carboxylic acids is 1. The van der Waals surface area contributed by atoms with Crippen molar-refractivity contribution in [2.45, 2.75) is 56.4 Å². The van der Waals surface area contributed by atoms with Crippen molar-refractivity contribution in [3.05, 3.63) is 0 Å². The molecule has 4 atom stereocenters. The lowest BCUT2D eigenvalue weighted by Gasteiger charge is -2.33. The summed E-state index contributed by atoms with van der Waals surface area (Å²) in [6.07, 6.45) is 6.87. The van der Waals surface area contributed by atoms with Crippen molar-refractivity contribution in [1.82, 2.24) is 10.2 Å². The highest BCUT2D eigenvalue weighted by molar-refractivity contribution is 7.99. The van der Waals surface area contributed by atoms with Crippen LogP contribution in [0.4, 0.5) is 4.79 Å². The second-order valence-electron chi connectivity index (χ2n) is 5.84.